The Hall–Kier alpha value is -3.17. The summed E-state index contributed by atoms with van der Waals surface area (Å²) < 4.78 is 58.9. The number of carbonyl (C=O) groups is 1. The summed E-state index contributed by atoms with van der Waals surface area (Å²) in [6, 6.07) is 4.40. The number of hydrogen-bond donors (Lipinski definition) is 1. The van der Waals surface area contributed by atoms with Crippen LogP contribution in [0.5, 0.6) is 0 Å². The standard InChI is InChI=1S/C17H14F4N4O2/c1-8-15(27-9(2)22-8)16(26)23-10-4-5-11(12(18)6-10)13-7-14(17(19,20)21)24-25(13)3/h4-7H,1-3H3,(H,23,26). The Bertz CT molecular complexity index is 1020. The first-order chi connectivity index (χ1) is 12.6. The molecule has 0 radical (unpaired) electrons. The molecule has 0 saturated heterocycles. The SMILES string of the molecule is Cc1nc(C)c(C(=O)Nc2ccc(-c3cc(C(F)(F)F)nn3C)c(F)c2)o1. The summed E-state index contributed by atoms with van der Waals surface area (Å²) in [6.45, 7) is 3.18. The minimum Gasteiger partial charge on any atom is -0.436 e. The summed E-state index contributed by atoms with van der Waals surface area (Å²) in [5, 5.41) is 5.82. The van der Waals surface area contributed by atoms with E-state index in [1.54, 1.807) is 13.8 Å². The Labute approximate surface area is 150 Å². The van der Waals surface area contributed by atoms with Crippen LogP contribution in [0, 0.1) is 19.7 Å². The van der Waals surface area contributed by atoms with Crippen molar-refractivity contribution in [3.05, 3.63) is 53.1 Å². The second-order valence-corrected chi connectivity index (χ2v) is 5.83. The largest absolute Gasteiger partial charge is 0.436 e. The van der Waals surface area contributed by atoms with Crippen molar-refractivity contribution in [1.29, 1.82) is 0 Å². The van der Waals surface area contributed by atoms with Crippen LogP contribution in [0.3, 0.4) is 0 Å². The lowest BCUT2D eigenvalue weighted by Crippen LogP contribution is -2.12. The quantitative estimate of drug-likeness (QED) is 0.692. The molecule has 0 aliphatic heterocycles. The number of oxazole rings is 1. The Morgan fingerprint density at radius 1 is 1.22 bits per heavy atom. The molecule has 3 rings (SSSR count). The van der Waals surface area contributed by atoms with Crippen molar-refractivity contribution in [2.75, 3.05) is 5.32 Å². The van der Waals surface area contributed by atoms with Crippen LogP contribution < -0.4 is 5.32 Å². The molecule has 1 N–H and O–H groups in total. The molecule has 3 aromatic rings. The summed E-state index contributed by atoms with van der Waals surface area (Å²) in [5.74, 6) is -1.11. The number of aromatic nitrogens is 3. The fraction of sp³-hybridized carbons (Fsp3) is 0.235. The predicted molar refractivity (Wildman–Crippen MR) is 87.5 cm³/mol. The molecule has 6 nitrogen and oxygen atoms in total. The van der Waals surface area contributed by atoms with E-state index in [1.165, 1.54) is 19.2 Å². The molecule has 10 heteroatoms. The molecule has 27 heavy (non-hydrogen) atoms. The van der Waals surface area contributed by atoms with E-state index in [4.69, 9.17) is 4.42 Å². The van der Waals surface area contributed by atoms with Crippen molar-refractivity contribution < 1.29 is 26.8 Å². The molecule has 0 aliphatic carbocycles. The van der Waals surface area contributed by atoms with Crippen molar-refractivity contribution in [2.45, 2.75) is 20.0 Å². The summed E-state index contributed by atoms with van der Waals surface area (Å²) in [6.07, 6.45) is -4.63. The van der Waals surface area contributed by atoms with Gasteiger partial charge in [0.1, 0.15) is 5.82 Å². The molecule has 2 aromatic heterocycles. The predicted octanol–water partition coefficient (Wildman–Crippen LogP) is 4.10. The number of aryl methyl sites for hydroxylation is 3. The first kappa shape index (κ1) is 18.6. The highest BCUT2D eigenvalue weighted by Crippen LogP contribution is 2.32. The molecule has 1 aromatic carbocycles. The highest BCUT2D eigenvalue weighted by molar-refractivity contribution is 6.03. The highest BCUT2D eigenvalue weighted by Gasteiger charge is 2.35. The third-order valence-corrected chi connectivity index (χ3v) is 3.78. The van der Waals surface area contributed by atoms with Crippen molar-refractivity contribution in [1.82, 2.24) is 14.8 Å². The zero-order valence-corrected chi connectivity index (χ0v) is 14.5. The lowest BCUT2D eigenvalue weighted by Gasteiger charge is -2.07. The topological polar surface area (TPSA) is 73.0 Å². The summed E-state index contributed by atoms with van der Waals surface area (Å²) in [4.78, 5) is 16.1. The summed E-state index contributed by atoms with van der Waals surface area (Å²) in [7, 11) is 1.29. The normalized spacial score (nSPS) is 11.7. The number of benzene rings is 1. The second kappa shape index (κ2) is 6.53. The van der Waals surface area contributed by atoms with Crippen molar-refractivity contribution in [2.24, 2.45) is 7.05 Å². The molecule has 0 spiro atoms. The van der Waals surface area contributed by atoms with Crippen molar-refractivity contribution in [3.8, 4) is 11.3 Å². The molecule has 1 amide bonds. The lowest BCUT2D eigenvalue weighted by molar-refractivity contribution is -0.141. The first-order valence-electron chi connectivity index (χ1n) is 7.73. The number of halogens is 4. The van der Waals surface area contributed by atoms with Gasteiger partial charge in [-0.25, -0.2) is 9.37 Å². The van der Waals surface area contributed by atoms with Gasteiger partial charge in [0, 0.05) is 25.2 Å². The molecule has 142 valence electrons. The van der Waals surface area contributed by atoms with Gasteiger partial charge >= 0.3 is 6.18 Å². The molecule has 0 fully saturated rings. The Morgan fingerprint density at radius 2 is 1.93 bits per heavy atom. The third-order valence-electron chi connectivity index (χ3n) is 3.78. The molecule has 0 bridgehead atoms. The van der Waals surface area contributed by atoms with Crippen LogP contribution in [0.25, 0.3) is 11.3 Å². The maximum Gasteiger partial charge on any atom is 0.435 e. The highest BCUT2D eigenvalue weighted by atomic mass is 19.4. The van der Waals surface area contributed by atoms with Crippen LogP contribution in [-0.4, -0.2) is 20.7 Å². The molecule has 0 unspecified atom stereocenters. The number of carbonyl (C=O) groups excluding carboxylic acids is 1. The van der Waals surface area contributed by atoms with Gasteiger partial charge in [-0.05, 0) is 31.2 Å². The van der Waals surface area contributed by atoms with Crippen LogP contribution in [0.15, 0.2) is 28.7 Å². The van der Waals surface area contributed by atoms with Gasteiger partial charge in [-0.2, -0.15) is 18.3 Å². The summed E-state index contributed by atoms with van der Waals surface area (Å²) >= 11 is 0. The zero-order valence-electron chi connectivity index (χ0n) is 14.5. The number of anilines is 1. The minimum absolute atomic E-state index is 0.00145. The Balaban J connectivity index is 1.87. The van der Waals surface area contributed by atoms with Gasteiger partial charge in [-0.15, -0.1) is 0 Å². The van der Waals surface area contributed by atoms with Crippen molar-refractivity contribution >= 4 is 11.6 Å². The van der Waals surface area contributed by atoms with Crippen molar-refractivity contribution in [3.63, 3.8) is 0 Å². The summed E-state index contributed by atoms with van der Waals surface area (Å²) in [5.41, 5.74) is -0.734. The maximum absolute atomic E-state index is 14.4. The van der Waals surface area contributed by atoms with Crippen LogP contribution in [0.2, 0.25) is 0 Å². The van der Waals surface area contributed by atoms with E-state index in [-0.39, 0.29) is 22.7 Å². The second-order valence-electron chi connectivity index (χ2n) is 5.83. The van der Waals surface area contributed by atoms with Gasteiger partial charge in [0.25, 0.3) is 5.91 Å². The fourth-order valence-corrected chi connectivity index (χ4v) is 2.59. The van der Waals surface area contributed by atoms with E-state index in [0.29, 0.717) is 11.6 Å². The lowest BCUT2D eigenvalue weighted by atomic mass is 10.1. The van der Waals surface area contributed by atoms with E-state index < -0.39 is 23.6 Å². The van der Waals surface area contributed by atoms with Gasteiger partial charge in [0.05, 0.1) is 11.4 Å². The van der Waals surface area contributed by atoms with E-state index in [9.17, 15) is 22.4 Å². The fourth-order valence-electron chi connectivity index (χ4n) is 2.59. The Morgan fingerprint density at radius 3 is 2.44 bits per heavy atom. The maximum atomic E-state index is 14.4. The number of hydrogen-bond acceptors (Lipinski definition) is 4. The van der Waals surface area contributed by atoms with Crippen LogP contribution in [0.1, 0.15) is 27.8 Å². The molecule has 2 heterocycles. The number of rotatable bonds is 3. The van der Waals surface area contributed by atoms with Crippen LogP contribution in [0.4, 0.5) is 23.2 Å². The number of nitrogens with one attached hydrogen (secondary N) is 1. The molecule has 0 aliphatic rings. The molecular formula is C17H14F4N4O2. The molecule has 0 saturated carbocycles. The van der Waals surface area contributed by atoms with Crippen LogP contribution >= 0.6 is 0 Å². The minimum atomic E-state index is -4.63. The number of amides is 1. The average Bonchev–Trinajstić information content (AvgIpc) is 3.09. The van der Waals surface area contributed by atoms with Gasteiger partial charge in [-0.1, -0.05) is 0 Å². The van der Waals surface area contributed by atoms with Gasteiger partial charge in [0.15, 0.2) is 11.6 Å². The van der Waals surface area contributed by atoms with E-state index >= 15 is 0 Å². The molecular weight excluding hydrogens is 368 g/mol. The molecule has 0 atom stereocenters. The first-order valence-corrected chi connectivity index (χ1v) is 7.73. The number of nitrogens with zero attached hydrogens (tertiary/aromatic N) is 3. The van der Waals surface area contributed by atoms with Crippen LogP contribution in [-0.2, 0) is 13.2 Å². The average molecular weight is 382 g/mol. The third kappa shape index (κ3) is 3.69. The van der Waals surface area contributed by atoms with Gasteiger partial charge in [-0.3, -0.25) is 9.48 Å². The van der Waals surface area contributed by atoms with Gasteiger partial charge in [0.2, 0.25) is 5.76 Å². The van der Waals surface area contributed by atoms with E-state index in [0.717, 1.165) is 16.8 Å². The zero-order chi connectivity index (χ0) is 19.9. The Kier molecular flexibility index (Phi) is 4.50. The monoisotopic (exact) mass is 382 g/mol. The smallest absolute Gasteiger partial charge is 0.435 e. The van der Waals surface area contributed by atoms with Gasteiger partial charge < -0.3 is 9.73 Å². The van der Waals surface area contributed by atoms with E-state index in [2.05, 4.69) is 15.4 Å². The van der Waals surface area contributed by atoms with E-state index in [1.807, 2.05) is 0 Å². The number of alkyl halides is 3.